The zero-order chi connectivity index (χ0) is 13.7. The molecule has 0 saturated heterocycles. The number of hydrogen-bond donors (Lipinski definition) is 4. The Morgan fingerprint density at radius 3 is 2.61 bits per heavy atom. The molecule has 0 radical (unpaired) electrons. The van der Waals surface area contributed by atoms with Crippen LogP contribution in [-0.2, 0) is 0 Å². The predicted molar refractivity (Wildman–Crippen MR) is 75.4 cm³/mol. The summed E-state index contributed by atoms with van der Waals surface area (Å²) in [5.41, 5.74) is -0.848. The third-order valence-electron chi connectivity index (χ3n) is 3.57. The van der Waals surface area contributed by atoms with Gasteiger partial charge in [0.1, 0.15) is 5.44 Å². The molecule has 0 aliphatic carbocycles. The van der Waals surface area contributed by atoms with Gasteiger partial charge in [0.05, 0.1) is 12.2 Å². The van der Waals surface area contributed by atoms with Crippen LogP contribution in [0.25, 0.3) is 0 Å². The second-order valence-electron chi connectivity index (χ2n) is 4.96. The first-order valence-corrected chi connectivity index (χ1v) is 7.53. The molecule has 18 heavy (non-hydrogen) atoms. The summed E-state index contributed by atoms with van der Waals surface area (Å²) >= 11 is 1.33. The lowest BCUT2D eigenvalue weighted by atomic mass is 9.82. The molecule has 106 valence electrons. The number of hydrogen-bond acceptors (Lipinski definition) is 5. The van der Waals surface area contributed by atoms with Gasteiger partial charge in [0.2, 0.25) is 0 Å². The average Bonchev–Trinajstić information content (AvgIpc) is 2.32. The van der Waals surface area contributed by atoms with E-state index in [2.05, 4.69) is 24.4 Å². The van der Waals surface area contributed by atoms with Crippen LogP contribution in [0.5, 0.6) is 0 Å². The Hall–Kier alpha value is -0.0700. The van der Waals surface area contributed by atoms with E-state index in [9.17, 15) is 15.3 Å². The molecule has 6 atom stereocenters. The number of thioether (sulfide) groups is 1. The summed E-state index contributed by atoms with van der Waals surface area (Å²) in [5, 5.41) is 33.3. The van der Waals surface area contributed by atoms with Crippen LogP contribution in [0.2, 0.25) is 0 Å². The van der Waals surface area contributed by atoms with Crippen molar-refractivity contribution in [1.82, 2.24) is 5.32 Å². The fourth-order valence-corrected chi connectivity index (χ4v) is 3.47. The van der Waals surface area contributed by atoms with Crippen molar-refractivity contribution >= 4 is 11.8 Å². The Labute approximate surface area is 113 Å². The summed E-state index contributed by atoms with van der Waals surface area (Å²) in [4.78, 5) is 0. The standard InChI is InChI=1S/C13H25NO3S/c1-8-6-4-5-7-18-13(17)12(16)10(9(2)15)11(8)14-3/h4,6,8-17H,5,7H2,1-3H3/b6-4-/t8?,9-,10?,11?,12?,13?/m0/s1. The smallest absolute Gasteiger partial charge is 0.126 e. The lowest BCUT2D eigenvalue weighted by molar-refractivity contribution is -0.0410. The van der Waals surface area contributed by atoms with Gasteiger partial charge in [-0.3, -0.25) is 0 Å². The maximum Gasteiger partial charge on any atom is 0.126 e. The molecule has 5 heteroatoms. The van der Waals surface area contributed by atoms with Crippen LogP contribution in [-0.4, -0.2) is 51.8 Å². The van der Waals surface area contributed by atoms with Crippen LogP contribution in [0, 0.1) is 11.8 Å². The highest BCUT2D eigenvalue weighted by Crippen LogP contribution is 2.28. The molecule has 4 N–H and O–H groups in total. The van der Waals surface area contributed by atoms with Gasteiger partial charge in [0, 0.05) is 12.0 Å². The zero-order valence-corrected chi connectivity index (χ0v) is 12.1. The van der Waals surface area contributed by atoms with Crippen LogP contribution in [0.1, 0.15) is 20.3 Å². The average molecular weight is 275 g/mol. The second kappa shape index (κ2) is 7.50. The van der Waals surface area contributed by atoms with Crippen LogP contribution < -0.4 is 5.32 Å². The lowest BCUT2D eigenvalue weighted by Gasteiger charge is -2.37. The van der Waals surface area contributed by atoms with Crippen LogP contribution >= 0.6 is 11.8 Å². The van der Waals surface area contributed by atoms with E-state index in [-0.39, 0.29) is 12.0 Å². The Kier molecular flexibility index (Phi) is 6.66. The zero-order valence-electron chi connectivity index (χ0n) is 11.3. The maximum absolute atomic E-state index is 10.3. The van der Waals surface area contributed by atoms with Gasteiger partial charge in [-0.15, -0.1) is 11.8 Å². The van der Waals surface area contributed by atoms with Gasteiger partial charge >= 0.3 is 0 Å². The summed E-state index contributed by atoms with van der Waals surface area (Å²) in [7, 11) is 1.82. The molecule has 0 saturated carbocycles. The maximum atomic E-state index is 10.3. The van der Waals surface area contributed by atoms with Crippen molar-refractivity contribution in [2.75, 3.05) is 12.8 Å². The number of aliphatic hydroxyl groups is 3. The quantitative estimate of drug-likeness (QED) is 0.555. The molecule has 0 spiro atoms. The van der Waals surface area contributed by atoms with E-state index in [1.165, 1.54) is 11.8 Å². The van der Waals surface area contributed by atoms with Gasteiger partial charge in [-0.05, 0) is 32.1 Å². The Morgan fingerprint density at radius 2 is 2.06 bits per heavy atom. The van der Waals surface area contributed by atoms with E-state index < -0.39 is 23.6 Å². The minimum atomic E-state index is -0.929. The number of nitrogens with one attached hydrogen (secondary N) is 1. The number of rotatable bonds is 2. The summed E-state index contributed by atoms with van der Waals surface area (Å²) in [6.45, 7) is 3.72. The van der Waals surface area contributed by atoms with Crippen molar-refractivity contribution in [3.8, 4) is 0 Å². The molecule has 4 nitrogen and oxygen atoms in total. The monoisotopic (exact) mass is 275 g/mol. The first-order chi connectivity index (χ1) is 8.49. The molecule has 0 bridgehead atoms. The fraction of sp³-hybridized carbons (Fsp3) is 0.846. The van der Waals surface area contributed by atoms with Crippen molar-refractivity contribution in [3.05, 3.63) is 12.2 Å². The largest absolute Gasteiger partial charge is 0.393 e. The Morgan fingerprint density at radius 1 is 1.39 bits per heavy atom. The van der Waals surface area contributed by atoms with Gasteiger partial charge in [0.25, 0.3) is 0 Å². The molecule has 0 aromatic carbocycles. The molecule has 1 aliphatic heterocycles. The summed E-state index contributed by atoms with van der Waals surface area (Å²) in [6.07, 6.45) is 3.49. The van der Waals surface area contributed by atoms with E-state index in [4.69, 9.17) is 0 Å². The first kappa shape index (κ1) is 16.0. The third kappa shape index (κ3) is 3.96. The predicted octanol–water partition coefficient (Wildman–Crippen LogP) is 0.580. The van der Waals surface area contributed by atoms with Gasteiger partial charge in [-0.1, -0.05) is 19.1 Å². The van der Waals surface area contributed by atoms with Crippen molar-refractivity contribution < 1.29 is 15.3 Å². The summed E-state index contributed by atoms with van der Waals surface area (Å²) in [5.74, 6) is 0.577. The molecule has 1 aliphatic rings. The summed E-state index contributed by atoms with van der Waals surface area (Å²) < 4.78 is 0. The molecule has 1 heterocycles. The number of allylic oxidation sites excluding steroid dienone is 1. The normalized spacial score (nSPS) is 42.2. The second-order valence-corrected chi connectivity index (χ2v) is 6.18. The van der Waals surface area contributed by atoms with Crippen LogP contribution in [0.3, 0.4) is 0 Å². The third-order valence-corrected chi connectivity index (χ3v) is 4.66. The van der Waals surface area contributed by atoms with Crippen molar-refractivity contribution in [2.24, 2.45) is 11.8 Å². The Balaban J connectivity index is 2.99. The highest BCUT2D eigenvalue weighted by atomic mass is 32.2. The molecule has 5 unspecified atom stereocenters. The topological polar surface area (TPSA) is 72.7 Å². The fourth-order valence-electron chi connectivity index (χ4n) is 2.58. The van der Waals surface area contributed by atoms with E-state index >= 15 is 0 Å². The van der Waals surface area contributed by atoms with E-state index in [1.54, 1.807) is 6.92 Å². The SMILES string of the molecule is CNC1C(C)/C=C\CCSC(O)C(O)C1[C@H](C)O. The number of aliphatic hydroxyl groups excluding tert-OH is 3. The molecular formula is C13H25NO3S. The van der Waals surface area contributed by atoms with E-state index in [0.29, 0.717) is 0 Å². The van der Waals surface area contributed by atoms with Gasteiger partial charge < -0.3 is 20.6 Å². The highest BCUT2D eigenvalue weighted by molar-refractivity contribution is 7.99. The van der Waals surface area contributed by atoms with Crippen molar-refractivity contribution in [2.45, 2.75) is 44.0 Å². The van der Waals surface area contributed by atoms with Crippen LogP contribution in [0.4, 0.5) is 0 Å². The lowest BCUT2D eigenvalue weighted by Crippen LogP contribution is -2.51. The Bertz CT molecular complexity index is 273. The minimum absolute atomic E-state index is 0.0652. The molecule has 0 amide bonds. The molecule has 0 aromatic rings. The molecule has 0 fully saturated rings. The van der Waals surface area contributed by atoms with Gasteiger partial charge in [0.15, 0.2) is 0 Å². The highest BCUT2D eigenvalue weighted by Gasteiger charge is 2.37. The van der Waals surface area contributed by atoms with E-state index in [1.807, 2.05) is 7.05 Å². The van der Waals surface area contributed by atoms with Gasteiger partial charge in [-0.2, -0.15) is 0 Å². The molecule has 1 rings (SSSR count). The van der Waals surface area contributed by atoms with Crippen molar-refractivity contribution in [1.29, 1.82) is 0 Å². The summed E-state index contributed by atoms with van der Waals surface area (Å²) in [6, 6.07) is -0.0652. The van der Waals surface area contributed by atoms with Gasteiger partial charge in [-0.25, -0.2) is 0 Å². The molecular weight excluding hydrogens is 250 g/mol. The van der Waals surface area contributed by atoms with E-state index in [0.717, 1.165) is 12.2 Å². The van der Waals surface area contributed by atoms with Crippen LogP contribution in [0.15, 0.2) is 12.2 Å². The van der Waals surface area contributed by atoms with Crippen molar-refractivity contribution in [3.63, 3.8) is 0 Å². The molecule has 0 aromatic heterocycles. The minimum Gasteiger partial charge on any atom is -0.393 e. The first-order valence-electron chi connectivity index (χ1n) is 6.48.